The average Bonchev–Trinajstić information content (AvgIpc) is 2.84. The van der Waals surface area contributed by atoms with E-state index in [9.17, 15) is 4.79 Å². The molecule has 0 radical (unpaired) electrons. The van der Waals surface area contributed by atoms with Crippen LogP contribution in [0.4, 0.5) is 0 Å². The fourth-order valence-corrected chi connectivity index (χ4v) is 5.61. The van der Waals surface area contributed by atoms with Crippen molar-refractivity contribution in [2.24, 2.45) is 5.92 Å². The molecule has 0 atom stereocenters. The van der Waals surface area contributed by atoms with Crippen LogP contribution < -0.4 is 4.74 Å². The molecule has 2 heterocycles. The quantitative estimate of drug-likeness (QED) is 0.709. The summed E-state index contributed by atoms with van der Waals surface area (Å²) in [6, 6.07) is 8.27. The smallest absolute Gasteiger partial charge is 0.233 e. The molecular weight excluding hydrogens is 376 g/mol. The van der Waals surface area contributed by atoms with Crippen molar-refractivity contribution in [1.29, 1.82) is 0 Å². The lowest BCUT2D eigenvalue weighted by Gasteiger charge is -2.43. The van der Waals surface area contributed by atoms with Crippen molar-refractivity contribution >= 4 is 5.91 Å². The maximum absolute atomic E-state index is 13.8. The molecule has 0 spiro atoms. The van der Waals surface area contributed by atoms with Crippen molar-refractivity contribution < 1.29 is 14.3 Å². The van der Waals surface area contributed by atoms with E-state index in [0.717, 1.165) is 89.6 Å². The van der Waals surface area contributed by atoms with Crippen molar-refractivity contribution in [2.45, 2.75) is 56.8 Å². The number of carbonyl (C=O) groups excluding carboxylic acids is 1. The van der Waals surface area contributed by atoms with Crippen molar-refractivity contribution in [3.8, 4) is 5.75 Å². The highest BCUT2D eigenvalue weighted by Gasteiger charge is 2.44. The van der Waals surface area contributed by atoms with Gasteiger partial charge in [-0.15, -0.1) is 0 Å². The van der Waals surface area contributed by atoms with Gasteiger partial charge in [0, 0.05) is 26.2 Å². The minimum Gasteiger partial charge on any atom is -0.497 e. The summed E-state index contributed by atoms with van der Waals surface area (Å²) in [7, 11) is 1.69. The summed E-state index contributed by atoms with van der Waals surface area (Å²) < 4.78 is 10.8. The maximum Gasteiger partial charge on any atom is 0.233 e. The fourth-order valence-electron chi connectivity index (χ4n) is 5.61. The SMILES string of the molecule is COc1ccc(C2(C(=O)N3CCC(CCN4CCOCC4)CC3)CCCCC2)cc1. The Bertz CT molecular complexity index is 670. The molecule has 2 aliphatic heterocycles. The van der Waals surface area contributed by atoms with Gasteiger partial charge in [-0.05, 0) is 62.3 Å². The topological polar surface area (TPSA) is 42.0 Å². The molecule has 2 saturated heterocycles. The van der Waals surface area contributed by atoms with E-state index in [2.05, 4.69) is 21.9 Å². The molecule has 0 unspecified atom stereocenters. The number of benzene rings is 1. The molecule has 1 aromatic rings. The van der Waals surface area contributed by atoms with E-state index in [1.807, 2.05) is 12.1 Å². The van der Waals surface area contributed by atoms with Gasteiger partial charge in [0.05, 0.1) is 25.7 Å². The molecule has 1 saturated carbocycles. The first kappa shape index (κ1) is 21.6. The van der Waals surface area contributed by atoms with E-state index < -0.39 is 0 Å². The first-order valence-corrected chi connectivity index (χ1v) is 12.0. The molecular formula is C25H38N2O3. The second-order valence-corrected chi connectivity index (χ2v) is 9.35. The average molecular weight is 415 g/mol. The van der Waals surface area contributed by atoms with Gasteiger partial charge < -0.3 is 14.4 Å². The van der Waals surface area contributed by atoms with E-state index in [1.54, 1.807) is 7.11 Å². The Balaban J connectivity index is 1.36. The van der Waals surface area contributed by atoms with Crippen molar-refractivity contribution in [3.05, 3.63) is 29.8 Å². The molecule has 166 valence electrons. The van der Waals surface area contributed by atoms with Crippen molar-refractivity contribution in [1.82, 2.24) is 9.80 Å². The number of rotatable bonds is 6. The van der Waals surface area contributed by atoms with Crippen LogP contribution in [0, 0.1) is 5.92 Å². The lowest BCUT2D eigenvalue weighted by molar-refractivity contribution is -0.140. The molecule has 1 aliphatic carbocycles. The molecule has 3 aliphatic rings. The summed E-state index contributed by atoms with van der Waals surface area (Å²) >= 11 is 0. The Morgan fingerprint density at radius 1 is 1.03 bits per heavy atom. The normalized spacial score (nSPS) is 23.3. The molecule has 5 nitrogen and oxygen atoms in total. The molecule has 0 aromatic heterocycles. The van der Waals surface area contributed by atoms with Gasteiger partial charge in [-0.3, -0.25) is 9.69 Å². The van der Waals surface area contributed by atoms with Crippen LogP contribution in [0.2, 0.25) is 0 Å². The summed E-state index contributed by atoms with van der Waals surface area (Å²) in [6.07, 6.45) is 9.05. The van der Waals surface area contributed by atoms with Crippen LogP contribution in [0.5, 0.6) is 5.75 Å². The van der Waals surface area contributed by atoms with E-state index in [4.69, 9.17) is 9.47 Å². The summed E-state index contributed by atoms with van der Waals surface area (Å²) in [5.74, 6) is 1.98. The monoisotopic (exact) mass is 414 g/mol. The maximum atomic E-state index is 13.8. The Morgan fingerprint density at radius 3 is 2.33 bits per heavy atom. The zero-order chi connectivity index (χ0) is 20.8. The first-order valence-electron chi connectivity index (χ1n) is 12.0. The number of ether oxygens (including phenoxy) is 2. The number of methoxy groups -OCH3 is 1. The Kier molecular flexibility index (Phi) is 7.32. The molecule has 5 heteroatoms. The van der Waals surface area contributed by atoms with Gasteiger partial charge in [0.25, 0.3) is 0 Å². The van der Waals surface area contributed by atoms with Crippen LogP contribution in [-0.2, 0) is 14.9 Å². The van der Waals surface area contributed by atoms with E-state index in [0.29, 0.717) is 5.91 Å². The standard InChI is InChI=1S/C25H38N2O3/c1-29-23-7-5-22(6-8-23)25(12-3-2-4-13-25)24(28)27-15-10-21(11-16-27)9-14-26-17-19-30-20-18-26/h5-8,21H,2-4,9-20H2,1H3. The number of piperidine rings is 1. The van der Waals surface area contributed by atoms with Gasteiger partial charge in [0.15, 0.2) is 0 Å². The van der Waals surface area contributed by atoms with Crippen LogP contribution in [-0.4, -0.2) is 68.8 Å². The Labute approximate surface area is 181 Å². The van der Waals surface area contributed by atoms with Gasteiger partial charge in [-0.25, -0.2) is 0 Å². The second-order valence-electron chi connectivity index (χ2n) is 9.35. The summed E-state index contributed by atoms with van der Waals surface area (Å²) in [5.41, 5.74) is 0.855. The summed E-state index contributed by atoms with van der Waals surface area (Å²) in [6.45, 7) is 6.91. The third-order valence-electron chi connectivity index (χ3n) is 7.62. The number of likely N-dealkylation sites (tertiary alicyclic amines) is 1. The third-order valence-corrected chi connectivity index (χ3v) is 7.62. The molecule has 3 fully saturated rings. The van der Waals surface area contributed by atoms with Crippen LogP contribution >= 0.6 is 0 Å². The number of hydrogen-bond donors (Lipinski definition) is 0. The van der Waals surface area contributed by atoms with Crippen LogP contribution in [0.15, 0.2) is 24.3 Å². The highest BCUT2D eigenvalue weighted by atomic mass is 16.5. The van der Waals surface area contributed by atoms with E-state index in [1.165, 1.54) is 24.9 Å². The summed E-state index contributed by atoms with van der Waals surface area (Å²) in [4.78, 5) is 18.5. The van der Waals surface area contributed by atoms with Gasteiger partial charge in [0.1, 0.15) is 5.75 Å². The number of hydrogen-bond acceptors (Lipinski definition) is 4. The van der Waals surface area contributed by atoms with Gasteiger partial charge >= 0.3 is 0 Å². The van der Waals surface area contributed by atoms with Gasteiger partial charge in [0.2, 0.25) is 5.91 Å². The molecule has 1 amide bonds. The van der Waals surface area contributed by atoms with Crippen LogP contribution in [0.25, 0.3) is 0 Å². The van der Waals surface area contributed by atoms with Crippen molar-refractivity contribution in [3.63, 3.8) is 0 Å². The lowest BCUT2D eigenvalue weighted by Crippen LogP contribution is -2.50. The molecule has 30 heavy (non-hydrogen) atoms. The van der Waals surface area contributed by atoms with Crippen LogP contribution in [0.1, 0.15) is 56.9 Å². The molecule has 0 N–H and O–H groups in total. The highest BCUT2D eigenvalue weighted by Crippen LogP contribution is 2.42. The Morgan fingerprint density at radius 2 is 1.70 bits per heavy atom. The summed E-state index contributed by atoms with van der Waals surface area (Å²) in [5, 5.41) is 0. The van der Waals surface area contributed by atoms with Crippen molar-refractivity contribution in [2.75, 3.05) is 53.0 Å². The minimum atomic E-state index is -0.328. The zero-order valence-electron chi connectivity index (χ0n) is 18.6. The third kappa shape index (κ3) is 4.83. The number of nitrogens with zero attached hydrogens (tertiary/aromatic N) is 2. The highest BCUT2D eigenvalue weighted by molar-refractivity contribution is 5.88. The predicted molar refractivity (Wildman–Crippen MR) is 119 cm³/mol. The Hall–Kier alpha value is -1.59. The molecule has 1 aromatic carbocycles. The zero-order valence-corrected chi connectivity index (χ0v) is 18.6. The van der Waals surface area contributed by atoms with E-state index >= 15 is 0 Å². The fraction of sp³-hybridized carbons (Fsp3) is 0.720. The molecule has 4 rings (SSSR count). The second kappa shape index (κ2) is 10.1. The minimum absolute atomic E-state index is 0.328. The number of morpholine rings is 1. The largest absolute Gasteiger partial charge is 0.497 e. The van der Waals surface area contributed by atoms with Crippen LogP contribution in [0.3, 0.4) is 0 Å². The predicted octanol–water partition coefficient (Wildman–Crippen LogP) is 3.86. The first-order chi connectivity index (χ1) is 14.7. The van der Waals surface area contributed by atoms with Gasteiger partial charge in [-0.2, -0.15) is 0 Å². The number of amides is 1. The van der Waals surface area contributed by atoms with E-state index in [-0.39, 0.29) is 5.41 Å². The lowest BCUT2D eigenvalue weighted by atomic mass is 9.68. The molecule has 0 bridgehead atoms. The van der Waals surface area contributed by atoms with Gasteiger partial charge in [-0.1, -0.05) is 31.4 Å². The number of carbonyl (C=O) groups is 1.